The summed E-state index contributed by atoms with van der Waals surface area (Å²) in [7, 11) is 0. The van der Waals surface area contributed by atoms with Gasteiger partial charge in [-0.2, -0.15) is 0 Å². The first-order valence-electron chi connectivity index (χ1n) is 5.99. The van der Waals surface area contributed by atoms with Crippen molar-refractivity contribution >= 4 is 5.69 Å². The fourth-order valence-electron chi connectivity index (χ4n) is 1.85. The van der Waals surface area contributed by atoms with Crippen molar-refractivity contribution in [2.24, 2.45) is 0 Å². The second-order valence-corrected chi connectivity index (χ2v) is 4.07. The van der Waals surface area contributed by atoms with Crippen LogP contribution in [0.25, 0.3) is 0 Å². The van der Waals surface area contributed by atoms with E-state index in [4.69, 9.17) is 4.74 Å². The van der Waals surface area contributed by atoms with Crippen LogP contribution in [0.1, 0.15) is 0 Å². The first-order valence-corrected chi connectivity index (χ1v) is 5.99. The van der Waals surface area contributed by atoms with Gasteiger partial charge >= 0.3 is 0 Å². The Balaban J connectivity index is 1.82. The molecule has 17 heavy (non-hydrogen) atoms. The van der Waals surface area contributed by atoms with Crippen LogP contribution in [0.5, 0.6) is 0 Å². The SMILES string of the molecule is O=c1cccccc1NCCN1CCOCC1. The molecule has 4 heteroatoms. The van der Waals surface area contributed by atoms with Crippen LogP contribution >= 0.6 is 0 Å². The Hall–Kier alpha value is -1.39. The molecule has 2 rings (SSSR count). The molecule has 0 amide bonds. The van der Waals surface area contributed by atoms with Crippen LogP contribution in [-0.4, -0.2) is 44.3 Å². The van der Waals surface area contributed by atoms with Gasteiger partial charge in [-0.15, -0.1) is 0 Å². The zero-order chi connectivity index (χ0) is 11.9. The first kappa shape index (κ1) is 12.1. The van der Waals surface area contributed by atoms with Gasteiger partial charge in [0.1, 0.15) is 0 Å². The van der Waals surface area contributed by atoms with Crippen LogP contribution in [0.3, 0.4) is 0 Å². The standard InChI is InChI=1S/C13H18N2O2/c16-13-5-3-1-2-4-12(13)14-6-7-15-8-10-17-11-9-15/h1-5H,6-11H2,(H,14,16). The molecule has 1 aromatic carbocycles. The minimum absolute atomic E-state index is 0.0389. The summed E-state index contributed by atoms with van der Waals surface area (Å²) >= 11 is 0. The summed E-state index contributed by atoms with van der Waals surface area (Å²) in [5, 5.41) is 3.19. The van der Waals surface area contributed by atoms with E-state index in [1.165, 1.54) is 0 Å². The number of anilines is 1. The second kappa shape index (κ2) is 6.37. The van der Waals surface area contributed by atoms with E-state index < -0.39 is 0 Å². The maximum absolute atomic E-state index is 11.6. The zero-order valence-electron chi connectivity index (χ0n) is 9.89. The molecule has 0 aromatic heterocycles. The number of nitrogens with zero attached hydrogens (tertiary/aromatic N) is 1. The van der Waals surface area contributed by atoms with E-state index in [1.54, 1.807) is 12.1 Å². The van der Waals surface area contributed by atoms with Crippen molar-refractivity contribution in [2.45, 2.75) is 0 Å². The van der Waals surface area contributed by atoms with Crippen molar-refractivity contribution in [3.63, 3.8) is 0 Å². The van der Waals surface area contributed by atoms with Crippen molar-refractivity contribution < 1.29 is 4.74 Å². The van der Waals surface area contributed by atoms with E-state index in [-0.39, 0.29) is 5.43 Å². The molecule has 0 bridgehead atoms. The zero-order valence-corrected chi connectivity index (χ0v) is 9.89. The van der Waals surface area contributed by atoms with Gasteiger partial charge in [-0.25, -0.2) is 0 Å². The number of hydrogen-bond donors (Lipinski definition) is 1. The Morgan fingerprint density at radius 2 is 1.94 bits per heavy atom. The lowest BCUT2D eigenvalue weighted by Crippen LogP contribution is -2.39. The molecule has 1 aromatic rings. The van der Waals surface area contributed by atoms with Crippen molar-refractivity contribution in [3.8, 4) is 0 Å². The molecule has 0 spiro atoms. The first-order chi connectivity index (χ1) is 8.36. The Kier molecular flexibility index (Phi) is 4.53. The minimum Gasteiger partial charge on any atom is -0.381 e. The molecule has 0 radical (unpaired) electrons. The summed E-state index contributed by atoms with van der Waals surface area (Å²) in [6.07, 6.45) is 0. The van der Waals surface area contributed by atoms with Crippen molar-refractivity contribution in [2.75, 3.05) is 44.7 Å². The van der Waals surface area contributed by atoms with Crippen molar-refractivity contribution in [1.82, 2.24) is 4.90 Å². The van der Waals surface area contributed by atoms with Crippen LogP contribution in [0, 0.1) is 0 Å². The Bertz CT molecular complexity index is 403. The highest BCUT2D eigenvalue weighted by molar-refractivity contribution is 5.41. The molecule has 0 aliphatic carbocycles. The summed E-state index contributed by atoms with van der Waals surface area (Å²) in [5.74, 6) is 0. The van der Waals surface area contributed by atoms with E-state index in [9.17, 15) is 4.79 Å². The van der Waals surface area contributed by atoms with Gasteiger partial charge in [0.2, 0.25) is 5.43 Å². The molecule has 1 N–H and O–H groups in total. The van der Waals surface area contributed by atoms with Gasteiger partial charge in [-0.3, -0.25) is 9.69 Å². The molecule has 0 atom stereocenters. The van der Waals surface area contributed by atoms with Gasteiger partial charge in [-0.05, 0) is 12.1 Å². The molecule has 1 heterocycles. The molecule has 1 aliphatic heterocycles. The van der Waals surface area contributed by atoms with E-state index in [1.807, 2.05) is 18.2 Å². The molecule has 1 aliphatic rings. The molecule has 0 unspecified atom stereocenters. The Morgan fingerprint density at radius 1 is 1.18 bits per heavy atom. The van der Waals surface area contributed by atoms with Crippen LogP contribution in [-0.2, 0) is 4.74 Å². The quantitative estimate of drug-likeness (QED) is 0.836. The molecule has 1 saturated heterocycles. The van der Waals surface area contributed by atoms with Gasteiger partial charge in [0.05, 0.1) is 18.9 Å². The van der Waals surface area contributed by atoms with E-state index in [2.05, 4.69) is 10.2 Å². The number of rotatable bonds is 4. The average molecular weight is 234 g/mol. The smallest absolute Gasteiger partial charge is 0.201 e. The third-order valence-electron chi connectivity index (χ3n) is 2.85. The molecular formula is C13H18N2O2. The second-order valence-electron chi connectivity index (χ2n) is 4.07. The number of morpholine rings is 1. The largest absolute Gasteiger partial charge is 0.381 e. The maximum Gasteiger partial charge on any atom is 0.201 e. The predicted octanol–water partition coefficient (Wildman–Crippen LogP) is 0.791. The van der Waals surface area contributed by atoms with E-state index in [0.717, 1.165) is 39.4 Å². The maximum atomic E-state index is 11.6. The lowest BCUT2D eigenvalue weighted by molar-refractivity contribution is 0.0398. The van der Waals surface area contributed by atoms with Gasteiger partial charge in [0.15, 0.2) is 0 Å². The Morgan fingerprint density at radius 3 is 2.76 bits per heavy atom. The van der Waals surface area contributed by atoms with Gasteiger partial charge in [0.25, 0.3) is 0 Å². The van der Waals surface area contributed by atoms with Gasteiger partial charge in [-0.1, -0.05) is 18.2 Å². The minimum atomic E-state index is 0.0389. The monoisotopic (exact) mass is 234 g/mol. The fraction of sp³-hybridized carbons (Fsp3) is 0.462. The number of nitrogens with one attached hydrogen (secondary N) is 1. The van der Waals surface area contributed by atoms with Crippen molar-refractivity contribution in [1.29, 1.82) is 0 Å². The van der Waals surface area contributed by atoms with Gasteiger partial charge in [0, 0.05) is 26.2 Å². The van der Waals surface area contributed by atoms with Crippen LogP contribution in [0.2, 0.25) is 0 Å². The molecule has 92 valence electrons. The highest BCUT2D eigenvalue weighted by Gasteiger charge is 2.09. The normalized spacial score (nSPS) is 16.7. The lowest BCUT2D eigenvalue weighted by atomic mass is 10.4. The summed E-state index contributed by atoms with van der Waals surface area (Å²) in [4.78, 5) is 13.9. The number of ether oxygens (including phenoxy) is 1. The van der Waals surface area contributed by atoms with E-state index in [0.29, 0.717) is 5.69 Å². The molecule has 1 fully saturated rings. The summed E-state index contributed by atoms with van der Waals surface area (Å²) in [6, 6.07) is 8.89. The highest BCUT2D eigenvalue weighted by Crippen LogP contribution is 1.99. The predicted molar refractivity (Wildman–Crippen MR) is 68.5 cm³/mol. The third kappa shape index (κ3) is 3.84. The fourth-order valence-corrected chi connectivity index (χ4v) is 1.85. The lowest BCUT2D eigenvalue weighted by Gasteiger charge is -2.26. The van der Waals surface area contributed by atoms with Crippen LogP contribution < -0.4 is 10.7 Å². The topological polar surface area (TPSA) is 41.6 Å². The molecule has 0 saturated carbocycles. The molecular weight excluding hydrogens is 216 g/mol. The highest BCUT2D eigenvalue weighted by atomic mass is 16.5. The average Bonchev–Trinajstić information content (AvgIpc) is 2.56. The molecule has 4 nitrogen and oxygen atoms in total. The summed E-state index contributed by atoms with van der Waals surface area (Å²) < 4.78 is 5.28. The van der Waals surface area contributed by atoms with Crippen molar-refractivity contribution in [3.05, 3.63) is 40.6 Å². The van der Waals surface area contributed by atoms with Gasteiger partial charge < -0.3 is 10.1 Å². The van der Waals surface area contributed by atoms with Crippen LogP contribution in [0.15, 0.2) is 35.1 Å². The third-order valence-corrected chi connectivity index (χ3v) is 2.85. The summed E-state index contributed by atoms with van der Waals surface area (Å²) in [5.41, 5.74) is 0.709. The van der Waals surface area contributed by atoms with E-state index >= 15 is 0 Å². The van der Waals surface area contributed by atoms with Crippen LogP contribution in [0.4, 0.5) is 5.69 Å². The number of hydrogen-bond acceptors (Lipinski definition) is 4. The summed E-state index contributed by atoms with van der Waals surface area (Å²) in [6.45, 7) is 5.32. The Labute approximate surface area is 101 Å².